The summed E-state index contributed by atoms with van der Waals surface area (Å²) in [6.45, 7) is 6.91. The van der Waals surface area contributed by atoms with Gasteiger partial charge in [0.1, 0.15) is 0 Å². The molecule has 6 nitrogen and oxygen atoms in total. The molecule has 0 aliphatic carbocycles. The molecule has 1 aromatic rings. The normalized spacial score (nSPS) is 18.8. The van der Waals surface area contributed by atoms with Gasteiger partial charge in [-0.25, -0.2) is 0 Å². The number of rotatable bonds is 6. The van der Waals surface area contributed by atoms with Gasteiger partial charge in [-0.05, 0) is 31.6 Å². The van der Waals surface area contributed by atoms with E-state index in [0.717, 1.165) is 24.7 Å². The molecule has 1 heterocycles. The predicted octanol–water partition coefficient (Wildman–Crippen LogP) is 1.54. The van der Waals surface area contributed by atoms with Crippen molar-refractivity contribution < 1.29 is 4.79 Å². The van der Waals surface area contributed by atoms with Crippen molar-refractivity contribution in [2.24, 2.45) is 10.4 Å². The number of carbonyl (C=O) groups excluding carboxylic acids is 1. The number of hydrogen-bond acceptors (Lipinski definition) is 3. The number of guanidine groups is 1. The molecule has 1 atom stereocenters. The van der Waals surface area contributed by atoms with E-state index in [0.29, 0.717) is 13.0 Å². The van der Waals surface area contributed by atoms with E-state index in [-0.39, 0.29) is 17.4 Å². The molecule has 1 unspecified atom stereocenters. The van der Waals surface area contributed by atoms with E-state index in [1.165, 1.54) is 0 Å². The van der Waals surface area contributed by atoms with Crippen LogP contribution in [0.15, 0.2) is 35.3 Å². The third kappa shape index (κ3) is 5.74. The highest BCUT2D eigenvalue weighted by Crippen LogP contribution is 2.21. The van der Waals surface area contributed by atoms with Crippen molar-refractivity contribution in [2.45, 2.75) is 26.3 Å². The first-order valence-electron chi connectivity index (χ1n) is 8.78. The maximum absolute atomic E-state index is 12.3. The lowest BCUT2D eigenvalue weighted by atomic mass is 9.93. The first-order valence-corrected chi connectivity index (χ1v) is 8.78. The number of nitrogens with one attached hydrogen (secondary N) is 2. The van der Waals surface area contributed by atoms with Crippen LogP contribution in [0.2, 0.25) is 0 Å². The fraction of sp³-hybridized carbons (Fsp3) is 0.579. The maximum atomic E-state index is 12.3. The van der Waals surface area contributed by atoms with Gasteiger partial charge in [-0.1, -0.05) is 32.0 Å². The molecular formula is C19H31N5O. The van der Waals surface area contributed by atoms with Gasteiger partial charge >= 0.3 is 0 Å². The molecule has 1 fully saturated rings. The summed E-state index contributed by atoms with van der Waals surface area (Å²) in [5.41, 5.74) is 1.08. The quantitative estimate of drug-likeness (QED) is 0.607. The summed E-state index contributed by atoms with van der Waals surface area (Å²) in [5.74, 6) is 0.895. The van der Waals surface area contributed by atoms with Crippen LogP contribution < -0.4 is 15.5 Å². The largest absolute Gasteiger partial charge is 0.356 e. The van der Waals surface area contributed by atoms with Crippen LogP contribution in [-0.2, 0) is 4.79 Å². The lowest BCUT2D eigenvalue weighted by Gasteiger charge is -2.29. The number of nitrogens with zero attached hydrogens (tertiary/aromatic N) is 3. The number of benzene rings is 1. The number of para-hydroxylation sites is 1. The molecule has 0 aromatic heterocycles. The van der Waals surface area contributed by atoms with Gasteiger partial charge in [-0.15, -0.1) is 0 Å². The molecule has 2 N–H and O–H groups in total. The van der Waals surface area contributed by atoms with E-state index in [1.807, 2.05) is 35.2 Å². The second kappa shape index (κ2) is 8.34. The fourth-order valence-corrected chi connectivity index (χ4v) is 3.28. The standard InChI is InChI=1S/C19H31N5O/c1-19(2,14-23(4)5)13-21-18(20-3)22-15-11-17(25)24(12-15)16-9-7-6-8-10-16/h6-10,15H,11-14H2,1-5H3,(H2,20,21,22). The number of amides is 1. The average molecular weight is 345 g/mol. The van der Waals surface area contributed by atoms with Gasteiger partial charge in [0.15, 0.2) is 5.96 Å². The van der Waals surface area contributed by atoms with Crippen LogP contribution in [0, 0.1) is 5.41 Å². The molecular weight excluding hydrogens is 314 g/mol. The Hall–Kier alpha value is -2.08. The third-order valence-corrected chi connectivity index (χ3v) is 4.24. The monoisotopic (exact) mass is 345 g/mol. The van der Waals surface area contributed by atoms with Gasteiger partial charge in [-0.2, -0.15) is 0 Å². The number of anilines is 1. The third-order valence-electron chi connectivity index (χ3n) is 4.24. The minimum absolute atomic E-state index is 0.0656. The summed E-state index contributed by atoms with van der Waals surface area (Å²) < 4.78 is 0. The summed E-state index contributed by atoms with van der Waals surface area (Å²) in [4.78, 5) is 20.6. The van der Waals surface area contributed by atoms with E-state index < -0.39 is 0 Å². The van der Waals surface area contributed by atoms with Crippen LogP contribution in [0.4, 0.5) is 5.69 Å². The van der Waals surface area contributed by atoms with E-state index >= 15 is 0 Å². The lowest BCUT2D eigenvalue weighted by Crippen LogP contribution is -2.48. The first-order chi connectivity index (χ1) is 11.8. The van der Waals surface area contributed by atoms with E-state index in [4.69, 9.17) is 0 Å². The molecule has 6 heteroatoms. The molecule has 2 rings (SSSR count). The van der Waals surface area contributed by atoms with Crippen molar-refractivity contribution >= 4 is 17.6 Å². The van der Waals surface area contributed by atoms with Gasteiger partial charge in [0.05, 0.1) is 6.04 Å². The van der Waals surface area contributed by atoms with Crippen LogP contribution in [0.1, 0.15) is 20.3 Å². The van der Waals surface area contributed by atoms with Gasteiger partial charge in [-0.3, -0.25) is 9.79 Å². The Morgan fingerprint density at radius 2 is 2.00 bits per heavy atom. The zero-order valence-corrected chi connectivity index (χ0v) is 16.0. The SMILES string of the molecule is CN=C(NCC(C)(C)CN(C)C)NC1CC(=O)N(c2ccccc2)C1. The second-order valence-corrected chi connectivity index (χ2v) is 7.71. The Balaban J connectivity index is 1.89. The minimum atomic E-state index is 0.0656. The Kier molecular flexibility index (Phi) is 6.42. The molecule has 138 valence electrons. The summed E-state index contributed by atoms with van der Waals surface area (Å²) in [6, 6.07) is 9.87. The number of aliphatic imine (C=N–C) groups is 1. The topological polar surface area (TPSA) is 60.0 Å². The van der Waals surface area contributed by atoms with E-state index in [1.54, 1.807) is 7.05 Å². The van der Waals surface area contributed by atoms with Crippen molar-refractivity contribution in [3.63, 3.8) is 0 Å². The maximum Gasteiger partial charge on any atom is 0.229 e. The van der Waals surface area contributed by atoms with E-state index in [9.17, 15) is 4.79 Å². The molecule has 1 aliphatic heterocycles. The molecule has 0 radical (unpaired) electrons. The number of carbonyl (C=O) groups is 1. The van der Waals surface area contributed by atoms with Crippen LogP contribution in [0.3, 0.4) is 0 Å². The lowest BCUT2D eigenvalue weighted by molar-refractivity contribution is -0.117. The Bertz CT molecular complexity index is 597. The molecule has 0 saturated carbocycles. The van der Waals surface area contributed by atoms with Crippen molar-refractivity contribution in [2.75, 3.05) is 45.7 Å². The van der Waals surface area contributed by atoms with Gasteiger partial charge in [0.2, 0.25) is 5.91 Å². The zero-order chi connectivity index (χ0) is 18.4. The first kappa shape index (κ1) is 19.2. The molecule has 0 bridgehead atoms. The summed E-state index contributed by atoms with van der Waals surface area (Å²) in [6.07, 6.45) is 0.483. The molecule has 1 saturated heterocycles. The highest BCUT2D eigenvalue weighted by Gasteiger charge is 2.31. The van der Waals surface area contributed by atoms with Crippen LogP contribution >= 0.6 is 0 Å². The highest BCUT2D eigenvalue weighted by molar-refractivity contribution is 5.97. The Morgan fingerprint density at radius 3 is 2.60 bits per heavy atom. The Morgan fingerprint density at radius 1 is 1.32 bits per heavy atom. The zero-order valence-electron chi connectivity index (χ0n) is 16.0. The average Bonchev–Trinajstić information content (AvgIpc) is 2.91. The fourth-order valence-electron chi connectivity index (χ4n) is 3.28. The number of hydrogen-bond donors (Lipinski definition) is 2. The predicted molar refractivity (Wildman–Crippen MR) is 104 cm³/mol. The summed E-state index contributed by atoms with van der Waals surface area (Å²) in [7, 11) is 5.92. The smallest absolute Gasteiger partial charge is 0.229 e. The molecule has 25 heavy (non-hydrogen) atoms. The van der Waals surface area contributed by atoms with Crippen molar-refractivity contribution in [3.05, 3.63) is 30.3 Å². The molecule has 1 amide bonds. The molecule has 0 spiro atoms. The molecule has 1 aromatic carbocycles. The minimum Gasteiger partial charge on any atom is -0.356 e. The van der Waals surface area contributed by atoms with Crippen molar-refractivity contribution in [1.82, 2.24) is 15.5 Å². The van der Waals surface area contributed by atoms with E-state index in [2.05, 4.69) is 48.5 Å². The van der Waals surface area contributed by atoms with Gasteiger partial charge in [0, 0.05) is 38.8 Å². The highest BCUT2D eigenvalue weighted by atomic mass is 16.2. The summed E-state index contributed by atoms with van der Waals surface area (Å²) in [5, 5.41) is 6.78. The van der Waals surface area contributed by atoms with Crippen molar-refractivity contribution in [1.29, 1.82) is 0 Å². The van der Waals surface area contributed by atoms with Crippen LogP contribution in [-0.4, -0.2) is 63.6 Å². The Labute approximate surface area is 151 Å². The van der Waals surface area contributed by atoms with Crippen LogP contribution in [0.25, 0.3) is 0 Å². The summed E-state index contributed by atoms with van der Waals surface area (Å²) >= 11 is 0. The second-order valence-electron chi connectivity index (χ2n) is 7.71. The van der Waals surface area contributed by atoms with Gasteiger partial charge in [0.25, 0.3) is 0 Å². The van der Waals surface area contributed by atoms with Crippen LogP contribution in [0.5, 0.6) is 0 Å². The van der Waals surface area contributed by atoms with Crippen molar-refractivity contribution in [3.8, 4) is 0 Å². The van der Waals surface area contributed by atoms with Gasteiger partial charge < -0.3 is 20.4 Å². The molecule has 1 aliphatic rings.